The van der Waals surface area contributed by atoms with Crippen LogP contribution in [0.1, 0.15) is 5.56 Å². The minimum absolute atomic E-state index is 0.279. The molecule has 29 heavy (non-hydrogen) atoms. The van der Waals surface area contributed by atoms with E-state index in [1.807, 2.05) is 30.1 Å². The maximum absolute atomic E-state index is 12.5. The molecule has 0 aliphatic rings. The monoisotopic (exact) mass is 438 g/mol. The van der Waals surface area contributed by atoms with Crippen LogP contribution in [0, 0.1) is 0 Å². The molecule has 0 atom stereocenters. The Labute approximate surface area is 178 Å². The lowest BCUT2D eigenvalue weighted by Gasteiger charge is -2.23. The number of hydrogen-bond donors (Lipinski definition) is 1. The Morgan fingerprint density at radius 3 is 2.38 bits per heavy atom. The van der Waals surface area contributed by atoms with E-state index in [1.165, 1.54) is 18.4 Å². The summed E-state index contributed by atoms with van der Waals surface area (Å²) in [7, 11) is 3.10. The van der Waals surface area contributed by atoms with E-state index in [-0.39, 0.29) is 4.90 Å². The molecule has 2 aromatic rings. The first-order valence-electron chi connectivity index (χ1n) is 9.06. The van der Waals surface area contributed by atoms with Crippen LogP contribution in [0.5, 0.6) is 5.75 Å². The van der Waals surface area contributed by atoms with Gasteiger partial charge in [-0.05, 0) is 35.9 Å². The highest BCUT2D eigenvalue weighted by Crippen LogP contribution is 2.18. The Morgan fingerprint density at radius 1 is 1.10 bits per heavy atom. The molecule has 0 heterocycles. The van der Waals surface area contributed by atoms with E-state index in [1.54, 1.807) is 37.4 Å². The normalized spacial score (nSPS) is 12.1. The molecular weight excluding hydrogens is 412 g/mol. The molecule has 0 radical (unpaired) electrons. The third kappa shape index (κ3) is 6.35. The number of nitrogens with zero attached hydrogens (tertiary/aromatic N) is 3. The molecule has 0 bridgehead atoms. The summed E-state index contributed by atoms with van der Waals surface area (Å²) in [6.07, 6.45) is 0. The summed E-state index contributed by atoms with van der Waals surface area (Å²) in [5, 5.41) is 3.88. The van der Waals surface area contributed by atoms with Gasteiger partial charge in [0.1, 0.15) is 12.4 Å². The molecule has 0 fully saturated rings. The van der Waals surface area contributed by atoms with Gasteiger partial charge >= 0.3 is 0 Å². The predicted octanol–water partition coefficient (Wildman–Crippen LogP) is 2.68. The van der Waals surface area contributed by atoms with Gasteiger partial charge in [0, 0.05) is 39.8 Å². The number of sulfonamides is 1. The van der Waals surface area contributed by atoms with Crippen LogP contribution in [0.2, 0.25) is 5.02 Å². The number of benzene rings is 2. The molecule has 0 saturated carbocycles. The lowest BCUT2D eigenvalue weighted by molar-refractivity contribution is 0.281. The highest BCUT2D eigenvalue weighted by Gasteiger charge is 2.20. The molecule has 2 rings (SSSR count). The summed E-state index contributed by atoms with van der Waals surface area (Å²) in [5.74, 6) is 1.38. The number of ether oxygens (including phenoxy) is 1. The van der Waals surface area contributed by atoms with Gasteiger partial charge in [-0.3, -0.25) is 4.99 Å². The highest BCUT2D eigenvalue weighted by atomic mass is 35.5. The smallest absolute Gasteiger partial charge is 0.242 e. The van der Waals surface area contributed by atoms with Crippen LogP contribution in [0.15, 0.2) is 58.4 Å². The molecule has 0 aliphatic carbocycles. The molecule has 0 aromatic heterocycles. The topological polar surface area (TPSA) is 74.2 Å². The SMILES string of the molecule is CN=C(NCc1ccccc1S(=O)(=O)N(C)C)N(C)CCOc1ccc(Cl)cc1. The van der Waals surface area contributed by atoms with Crippen LogP contribution >= 0.6 is 11.6 Å². The van der Waals surface area contributed by atoms with Gasteiger partial charge in [-0.1, -0.05) is 29.8 Å². The number of halogens is 1. The minimum atomic E-state index is -3.52. The number of rotatable bonds is 8. The van der Waals surface area contributed by atoms with Gasteiger partial charge in [-0.2, -0.15) is 0 Å². The quantitative estimate of drug-likeness (QED) is 0.506. The molecule has 2 aromatic carbocycles. The van der Waals surface area contributed by atoms with Gasteiger partial charge in [0.25, 0.3) is 0 Å². The molecule has 0 unspecified atom stereocenters. The van der Waals surface area contributed by atoms with E-state index in [0.717, 1.165) is 5.75 Å². The first kappa shape index (κ1) is 23.0. The van der Waals surface area contributed by atoms with Gasteiger partial charge in [0.2, 0.25) is 10.0 Å². The van der Waals surface area contributed by atoms with Gasteiger partial charge < -0.3 is 15.0 Å². The van der Waals surface area contributed by atoms with Crippen molar-refractivity contribution in [2.24, 2.45) is 4.99 Å². The fourth-order valence-electron chi connectivity index (χ4n) is 2.59. The van der Waals surface area contributed by atoms with Crippen molar-refractivity contribution in [3.8, 4) is 5.75 Å². The molecular formula is C20H27ClN4O3S. The first-order chi connectivity index (χ1) is 13.8. The molecule has 0 saturated heterocycles. The fourth-order valence-corrected chi connectivity index (χ4v) is 3.84. The van der Waals surface area contributed by atoms with E-state index in [2.05, 4.69) is 10.3 Å². The Hall–Kier alpha value is -2.29. The summed E-state index contributed by atoms with van der Waals surface area (Å²) in [6, 6.07) is 14.1. The third-order valence-corrected chi connectivity index (χ3v) is 6.42. The van der Waals surface area contributed by atoms with Crippen LogP contribution in [-0.4, -0.2) is 64.9 Å². The third-order valence-electron chi connectivity index (χ3n) is 4.25. The van der Waals surface area contributed by atoms with Crippen LogP contribution in [-0.2, 0) is 16.6 Å². The Morgan fingerprint density at radius 2 is 1.76 bits per heavy atom. The van der Waals surface area contributed by atoms with Crippen LogP contribution in [0.25, 0.3) is 0 Å². The second-order valence-corrected chi connectivity index (χ2v) is 9.08. The first-order valence-corrected chi connectivity index (χ1v) is 10.9. The molecule has 1 N–H and O–H groups in total. The summed E-state index contributed by atoms with van der Waals surface area (Å²) in [5.41, 5.74) is 0.674. The zero-order valence-electron chi connectivity index (χ0n) is 17.1. The summed E-state index contributed by atoms with van der Waals surface area (Å²) in [6.45, 7) is 1.39. The number of hydrogen-bond acceptors (Lipinski definition) is 4. The zero-order chi connectivity index (χ0) is 21.4. The van der Waals surface area contributed by atoms with Crippen molar-refractivity contribution in [3.05, 3.63) is 59.1 Å². The number of likely N-dealkylation sites (N-methyl/N-ethyl adjacent to an activating group) is 1. The van der Waals surface area contributed by atoms with Crippen molar-refractivity contribution in [1.29, 1.82) is 0 Å². The fraction of sp³-hybridized carbons (Fsp3) is 0.350. The van der Waals surface area contributed by atoms with Crippen molar-refractivity contribution in [3.63, 3.8) is 0 Å². The van der Waals surface area contributed by atoms with Crippen molar-refractivity contribution in [2.45, 2.75) is 11.4 Å². The number of nitrogens with one attached hydrogen (secondary N) is 1. The van der Waals surface area contributed by atoms with E-state index >= 15 is 0 Å². The standard InChI is InChI=1S/C20H27ClN4O3S/c1-22-20(25(4)13-14-28-18-11-9-17(21)10-12-18)23-15-16-7-5-6-8-19(16)29(26,27)24(2)3/h5-12H,13-15H2,1-4H3,(H,22,23). The summed E-state index contributed by atoms with van der Waals surface area (Å²) >= 11 is 5.87. The average Bonchev–Trinajstić information content (AvgIpc) is 2.70. The van der Waals surface area contributed by atoms with Crippen LogP contribution in [0.3, 0.4) is 0 Å². The highest BCUT2D eigenvalue weighted by molar-refractivity contribution is 7.89. The van der Waals surface area contributed by atoms with E-state index < -0.39 is 10.0 Å². The average molecular weight is 439 g/mol. The van der Waals surface area contributed by atoms with Gasteiger partial charge in [0.05, 0.1) is 11.4 Å². The molecule has 7 nitrogen and oxygen atoms in total. The predicted molar refractivity (Wildman–Crippen MR) is 117 cm³/mol. The van der Waals surface area contributed by atoms with Crippen molar-refractivity contribution >= 4 is 27.6 Å². The summed E-state index contributed by atoms with van der Waals surface area (Å²) < 4.78 is 32.0. The lowest BCUT2D eigenvalue weighted by Crippen LogP contribution is -2.40. The second kappa shape index (κ2) is 10.5. The van der Waals surface area contributed by atoms with E-state index in [4.69, 9.17) is 16.3 Å². The van der Waals surface area contributed by atoms with Gasteiger partial charge in [0.15, 0.2) is 5.96 Å². The molecule has 158 valence electrons. The molecule has 0 amide bonds. The van der Waals surface area contributed by atoms with E-state index in [0.29, 0.717) is 36.2 Å². The number of aliphatic imine (C=N–C) groups is 1. The molecule has 9 heteroatoms. The maximum atomic E-state index is 12.5. The van der Waals surface area contributed by atoms with Gasteiger partial charge in [-0.15, -0.1) is 0 Å². The van der Waals surface area contributed by atoms with Gasteiger partial charge in [-0.25, -0.2) is 12.7 Å². The Balaban J connectivity index is 1.96. The van der Waals surface area contributed by atoms with Crippen molar-refractivity contribution < 1.29 is 13.2 Å². The van der Waals surface area contributed by atoms with Crippen LogP contribution < -0.4 is 10.1 Å². The van der Waals surface area contributed by atoms with E-state index in [9.17, 15) is 8.42 Å². The number of guanidine groups is 1. The second-order valence-electron chi connectivity index (χ2n) is 6.52. The largest absolute Gasteiger partial charge is 0.492 e. The van der Waals surface area contributed by atoms with Crippen molar-refractivity contribution in [1.82, 2.24) is 14.5 Å². The molecule has 0 spiro atoms. The maximum Gasteiger partial charge on any atom is 0.242 e. The van der Waals surface area contributed by atoms with Crippen molar-refractivity contribution in [2.75, 3.05) is 41.3 Å². The molecule has 0 aliphatic heterocycles. The van der Waals surface area contributed by atoms with Crippen LogP contribution in [0.4, 0.5) is 0 Å². The lowest BCUT2D eigenvalue weighted by atomic mass is 10.2. The Kier molecular flexibility index (Phi) is 8.31. The summed E-state index contributed by atoms with van der Waals surface area (Å²) in [4.78, 5) is 6.46. The zero-order valence-corrected chi connectivity index (χ0v) is 18.7. The Bertz CT molecular complexity index is 931. The minimum Gasteiger partial charge on any atom is -0.492 e.